The highest BCUT2D eigenvalue weighted by Crippen LogP contribution is 2.29. The number of nitrogens with one attached hydrogen (secondary N) is 1. The van der Waals surface area contributed by atoms with Crippen molar-refractivity contribution in [2.45, 2.75) is 6.61 Å². The Balaban J connectivity index is 2.17. The average molecular weight is 371 g/mol. The average Bonchev–Trinajstić information content (AvgIpc) is 2.56. The molecule has 0 heterocycles. The van der Waals surface area contributed by atoms with E-state index >= 15 is 0 Å². The predicted octanol–water partition coefficient (Wildman–Crippen LogP) is 4.09. The summed E-state index contributed by atoms with van der Waals surface area (Å²) in [5, 5.41) is 13.1. The molecule has 2 aromatic carbocycles. The van der Waals surface area contributed by atoms with Gasteiger partial charge >= 0.3 is 12.6 Å². The van der Waals surface area contributed by atoms with E-state index in [2.05, 4.69) is 15.3 Å². The van der Waals surface area contributed by atoms with Crippen molar-refractivity contribution in [2.75, 3.05) is 12.5 Å². The zero-order chi connectivity index (χ0) is 18.4. The second-order valence-electron chi connectivity index (χ2n) is 4.66. The van der Waals surface area contributed by atoms with Crippen LogP contribution in [0.25, 0.3) is 0 Å². The van der Waals surface area contributed by atoms with Crippen LogP contribution in [0.2, 0.25) is 5.02 Å². The number of anilines is 1. The highest BCUT2D eigenvalue weighted by atomic mass is 35.5. The number of benzene rings is 2. The molecule has 0 amide bonds. The third-order valence-corrected chi connectivity index (χ3v) is 3.35. The van der Waals surface area contributed by atoms with Crippen molar-refractivity contribution in [1.82, 2.24) is 0 Å². The van der Waals surface area contributed by atoms with Crippen molar-refractivity contribution in [2.24, 2.45) is 5.10 Å². The van der Waals surface area contributed by atoms with Crippen molar-refractivity contribution >= 4 is 29.5 Å². The Morgan fingerprint density at radius 3 is 2.68 bits per heavy atom. The molecule has 0 atom stereocenters. The number of aromatic carboxylic acids is 1. The Morgan fingerprint density at radius 1 is 1.28 bits per heavy atom. The van der Waals surface area contributed by atoms with E-state index in [0.717, 1.165) is 0 Å². The van der Waals surface area contributed by atoms with Gasteiger partial charge in [-0.15, -0.1) is 0 Å². The maximum atomic E-state index is 12.4. The van der Waals surface area contributed by atoms with Crippen LogP contribution in [0.1, 0.15) is 15.9 Å². The molecule has 0 saturated heterocycles. The summed E-state index contributed by atoms with van der Waals surface area (Å²) in [6, 6.07) is 8.46. The van der Waals surface area contributed by atoms with Crippen molar-refractivity contribution in [3.05, 3.63) is 52.5 Å². The van der Waals surface area contributed by atoms with Gasteiger partial charge in [-0.3, -0.25) is 5.43 Å². The van der Waals surface area contributed by atoms with Gasteiger partial charge in [-0.25, -0.2) is 4.79 Å². The summed E-state index contributed by atoms with van der Waals surface area (Å²) in [6.07, 6.45) is 1.33. The maximum Gasteiger partial charge on any atom is 0.387 e. The summed E-state index contributed by atoms with van der Waals surface area (Å²) < 4.78 is 34.1. The molecule has 2 rings (SSSR count). The largest absolute Gasteiger partial charge is 0.493 e. The fourth-order valence-corrected chi connectivity index (χ4v) is 2.04. The standard InChI is InChI=1S/C16H13ClF2N2O4/c1-24-13-5-2-9(6-14(13)25-16(18)19)8-20-21-12-7-10(15(22)23)3-4-11(12)17/h2-8,16,21H,1H3,(H,22,23)/b20-8-. The zero-order valence-corrected chi connectivity index (χ0v) is 13.6. The van der Waals surface area contributed by atoms with E-state index in [0.29, 0.717) is 5.56 Å². The molecule has 0 radical (unpaired) electrons. The summed E-state index contributed by atoms with van der Waals surface area (Å²) in [5.74, 6) is -1.08. The first-order valence-electron chi connectivity index (χ1n) is 6.85. The number of alkyl halides is 2. The van der Waals surface area contributed by atoms with Crippen molar-refractivity contribution in [1.29, 1.82) is 0 Å². The molecule has 0 aliphatic heterocycles. The van der Waals surface area contributed by atoms with Gasteiger partial charge in [-0.1, -0.05) is 11.6 Å². The summed E-state index contributed by atoms with van der Waals surface area (Å²) >= 11 is 5.96. The minimum absolute atomic E-state index is 0.0409. The van der Waals surface area contributed by atoms with E-state index in [1.807, 2.05) is 0 Å². The highest BCUT2D eigenvalue weighted by Gasteiger charge is 2.11. The zero-order valence-electron chi connectivity index (χ0n) is 12.9. The number of carboxylic acid groups (broad SMARTS) is 1. The van der Waals surface area contributed by atoms with Crippen LogP contribution in [0, 0.1) is 0 Å². The van der Waals surface area contributed by atoms with Crippen LogP contribution >= 0.6 is 11.6 Å². The molecule has 6 nitrogen and oxygen atoms in total. The van der Waals surface area contributed by atoms with Crippen LogP contribution in [-0.4, -0.2) is 31.0 Å². The molecule has 0 aliphatic rings. The second-order valence-corrected chi connectivity index (χ2v) is 5.07. The first-order valence-corrected chi connectivity index (χ1v) is 7.23. The minimum atomic E-state index is -2.99. The summed E-state index contributed by atoms with van der Waals surface area (Å²) in [5.41, 5.74) is 3.38. The Hall–Kier alpha value is -2.87. The molecular weight excluding hydrogens is 358 g/mol. The molecule has 25 heavy (non-hydrogen) atoms. The van der Waals surface area contributed by atoms with Crippen LogP contribution in [0.15, 0.2) is 41.5 Å². The van der Waals surface area contributed by atoms with Gasteiger partial charge < -0.3 is 14.6 Å². The normalized spacial score (nSPS) is 10.9. The lowest BCUT2D eigenvalue weighted by Crippen LogP contribution is -2.04. The number of hydrogen-bond acceptors (Lipinski definition) is 5. The number of ether oxygens (including phenoxy) is 2. The maximum absolute atomic E-state index is 12.4. The van der Waals surface area contributed by atoms with Crippen molar-refractivity contribution in [3.8, 4) is 11.5 Å². The molecule has 0 spiro atoms. The highest BCUT2D eigenvalue weighted by molar-refractivity contribution is 6.33. The van der Waals surface area contributed by atoms with Crippen LogP contribution in [0.5, 0.6) is 11.5 Å². The van der Waals surface area contributed by atoms with Crippen LogP contribution in [0.4, 0.5) is 14.5 Å². The van der Waals surface area contributed by atoms with E-state index in [1.165, 1.54) is 43.7 Å². The summed E-state index contributed by atoms with van der Waals surface area (Å²) in [6.45, 7) is -2.99. The van der Waals surface area contributed by atoms with Crippen molar-refractivity contribution < 1.29 is 28.2 Å². The number of rotatable bonds is 7. The molecule has 2 aromatic rings. The lowest BCUT2D eigenvalue weighted by atomic mass is 10.2. The van der Waals surface area contributed by atoms with Crippen LogP contribution in [-0.2, 0) is 0 Å². The fourth-order valence-electron chi connectivity index (χ4n) is 1.88. The fraction of sp³-hybridized carbons (Fsp3) is 0.125. The number of nitrogens with zero attached hydrogens (tertiary/aromatic N) is 1. The lowest BCUT2D eigenvalue weighted by molar-refractivity contribution is -0.0512. The first kappa shape index (κ1) is 18.5. The van der Waals surface area contributed by atoms with Crippen LogP contribution in [0.3, 0.4) is 0 Å². The number of halogens is 3. The summed E-state index contributed by atoms with van der Waals surface area (Å²) in [7, 11) is 1.33. The number of hydrazone groups is 1. The molecule has 2 N–H and O–H groups in total. The molecule has 0 fully saturated rings. The van der Waals surface area contributed by atoms with E-state index in [-0.39, 0.29) is 27.8 Å². The van der Waals surface area contributed by atoms with E-state index in [4.69, 9.17) is 21.4 Å². The van der Waals surface area contributed by atoms with Gasteiger partial charge in [0.15, 0.2) is 11.5 Å². The third-order valence-electron chi connectivity index (χ3n) is 3.02. The Kier molecular flexibility index (Phi) is 6.13. The van der Waals surface area contributed by atoms with Gasteiger partial charge in [0.2, 0.25) is 0 Å². The third kappa shape index (κ3) is 5.05. The van der Waals surface area contributed by atoms with Gasteiger partial charge in [0.05, 0.1) is 29.6 Å². The van der Waals surface area contributed by atoms with E-state index in [1.54, 1.807) is 6.07 Å². The topological polar surface area (TPSA) is 80.2 Å². The Labute approximate surface area is 146 Å². The molecule has 9 heteroatoms. The predicted molar refractivity (Wildman–Crippen MR) is 89.3 cm³/mol. The second kappa shape index (κ2) is 8.29. The van der Waals surface area contributed by atoms with Gasteiger partial charge in [-0.05, 0) is 42.0 Å². The molecule has 0 bridgehead atoms. The van der Waals surface area contributed by atoms with Gasteiger partial charge in [0.1, 0.15) is 0 Å². The van der Waals surface area contributed by atoms with Gasteiger partial charge in [0, 0.05) is 0 Å². The smallest absolute Gasteiger partial charge is 0.387 e. The van der Waals surface area contributed by atoms with E-state index < -0.39 is 12.6 Å². The van der Waals surface area contributed by atoms with Crippen molar-refractivity contribution in [3.63, 3.8) is 0 Å². The van der Waals surface area contributed by atoms with E-state index in [9.17, 15) is 13.6 Å². The molecule has 0 unspecified atom stereocenters. The quantitative estimate of drug-likeness (QED) is 0.566. The molecule has 0 aromatic heterocycles. The van der Waals surface area contributed by atoms with Crippen LogP contribution < -0.4 is 14.9 Å². The lowest BCUT2D eigenvalue weighted by Gasteiger charge is -2.10. The van der Waals surface area contributed by atoms with Gasteiger partial charge in [-0.2, -0.15) is 13.9 Å². The SMILES string of the molecule is COc1ccc(/C=N\Nc2cc(C(=O)O)ccc2Cl)cc1OC(F)F. The summed E-state index contributed by atoms with van der Waals surface area (Å²) in [4.78, 5) is 10.9. The number of methoxy groups -OCH3 is 1. The van der Waals surface area contributed by atoms with Gasteiger partial charge in [0.25, 0.3) is 0 Å². The first-order chi connectivity index (χ1) is 11.9. The monoisotopic (exact) mass is 370 g/mol. The molecule has 132 valence electrons. The number of carboxylic acids is 1. The Morgan fingerprint density at radius 2 is 2.04 bits per heavy atom. The molecular formula is C16H13ClF2N2O4. The molecule has 0 aliphatic carbocycles. The Bertz CT molecular complexity index is 800. The number of carbonyl (C=O) groups is 1. The molecule has 0 saturated carbocycles. The minimum Gasteiger partial charge on any atom is -0.493 e. The number of hydrogen-bond donors (Lipinski definition) is 2.